The molecule has 1 N–H and O–H groups in total. The molecule has 0 atom stereocenters. The molecule has 0 saturated heterocycles. The van der Waals surface area contributed by atoms with E-state index in [2.05, 4.69) is 10.3 Å². The topological polar surface area (TPSA) is 64.4 Å². The first-order valence-electron chi connectivity index (χ1n) is 8.63. The lowest BCUT2D eigenvalue weighted by molar-refractivity contribution is 0.0995. The second-order valence-electron chi connectivity index (χ2n) is 6.15. The van der Waals surface area contributed by atoms with Crippen LogP contribution in [0.1, 0.15) is 21.8 Å². The summed E-state index contributed by atoms with van der Waals surface area (Å²) in [5.74, 6) is 0.670. The fraction of sp³-hybridized carbons (Fsp3) is 0.0909. The summed E-state index contributed by atoms with van der Waals surface area (Å²) in [7, 11) is 0. The molecule has 2 aromatic heterocycles. The van der Waals surface area contributed by atoms with Crippen molar-refractivity contribution in [3.05, 3.63) is 89.9 Å². The number of amides is 1. The molecule has 0 saturated carbocycles. The molecular weight excluding hydrogens is 340 g/mol. The number of fused-ring (bicyclic) bond motifs is 1. The molecule has 2 aromatic carbocycles. The van der Waals surface area contributed by atoms with Crippen LogP contribution in [0.5, 0.6) is 5.75 Å². The van der Waals surface area contributed by atoms with Crippen LogP contribution in [0.15, 0.2) is 77.3 Å². The van der Waals surface area contributed by atoms with Crippen LogP contribution >= 0.6 is 0 Å². The number of aromatic nitrogens is 1. The van der Waals surface area contributed by atoms with Crippen molar-refractivity contribution in [2.75, 3.05) is 5.32 Å². The van der Waals surface area contributed by atoms with Crippen molar-refractivity contribution >= 4 is 22.6 Å². The lowest BCUT2D eigenvalue weighted by Crippen LogP contribution is -2.14. The minimum absolute atomic E-state index is 0.235. The van der Waals surface area contributed by atoms with Gasteiger partial charge in [0.25, 0.3) is 5.91 Å². The van der Waals surface area contributed by atoms with E-state index in [4.69, 9.17) is 9.15 Å². The number of carbonyl (C=O) groups is 1. The number of para-hydroxylation sites is 2. The molecule has 0 bridgehead atoms. The maximum Gasteiger partial charge on any atom is 0.291 e. The molecule has 5 heteroatoms. The van der Waals surface area contributed by atoms with Crippen molar-refractivity contribution < 1.29 is 13.9 Å². The molecule has 0 aliphatic heterocycles. The van der Waals surface area contributed by atoms with Crippen LogP contribution in [0.3, 0.4) is 0 Å². The third-order valence-electron chi connectivity index (χ3n) is 4.19. The average molecular weight is 358 g/mol. The molecule has 0 aliphatic rings. The summed E-state index contributed by atoms with van der Waals surface area (Å²) in [6, 6.07) is 20.6. The summed E-state index contributed by atoms with van der Waals surface area (Å²) in [5, 5.41) is 3.74. The number of hydrogen-bond acceptors (Lipinski definition) is 4. The predicted molar refractivity (Wildman–Crippen MR) is 104 cm³/mol. The van der Waals surface area contributed by atoms with Gasteiger partial charge in [-0.2, -0.15) is 0 Å². The molecule has 134 valence electrons. The fourth-order valence-electron chi connectivity index (χ4n) is 2.91. The van der Waals surface area contributed by atoms with Gasteiger partial charge in [0.1, 0.15) is 17.9 Å². The third kappa shape index (κ3) is 3.67. The smallest absolute Gasteiger partial charge is 0.291 e. The van der Waals surface area contributed by atoms with Crippen LogP contribution in [0.25, 0.3) is 11.0 Å². The number of nitrogens with zero attached hydrogens (tertiary/aromatic N) is 1. The maximum absolute atomic E-state index is 12.8. The molecule has 27 heavy (non-hydrogen) atoms. The van der Waals surface area contributed by atoms with Crippen LogP contribution < -0.4 is 10.1 Å². The standard InChI is InChI=1S/C22H18N2O3/c1-15-13-16(11-12-23-15)24-22(25)21-19(14-26-17-7-3-2-4-8-17)18-9-5-6-10-20(18)27-21/h2-13H,14H2,1H3,(H,23,24,25). The highest BCUT2D eigenvalue weighted by molar-refractivity contribution is 6.06. The number of anilines is 1. The number of rotatable bonds is 5. The van der Waals surface area contributed by atoms with Crippen LogP contribution in [-0.4, -0.2) is 10.9 Å². The van der Waals surface area contributed by atoms with Crippen LogP contribution in [0.4, 0.5) is 5.69 Å². The lowest BCUT2D eigenvalue weighted by atomic mass is 10.1. The van der Waals surface area contributed by atoms with E-state index in [-0.39, 0.29) is 18.3 Å². The highest BCUT2D eigenvalue weighted by Crippen LogP contribution is 2.28. The zero-order chi connectivity index (χ0) is 18.6. The van der Waals surface area contributed by atoms with Crippen LogP contribution in [0, 0.1) is 6.92 Å². The Morgan fingerprint density at radius 3 is 2.67 bits per heavy atom. The van der Waals surface area contributed by atoms with Gasteiger partial charge in [-0.15, -0.1) is 0 Å². The molecule has 1 amide bonds. The zero-order valence-electron chi connectivity index (χ0n) is 14.8. The molecule has 0 aliphatic carbocycles. The van der Waals surface area contributed by atoms with Gasteiger partial charge in [-0.05, 0) is 37.3 Å². The summed E-state index contributed by atoms with van der Waals surface area (Å²) in [6.45, 7) is 2.11. The molecule has 2 heterocycles. The van der Waals surface area contributed by atoms with E-state index >= 15 is 0 Å². The molecule has 0 fully saturated rings. The monoisotopic (exact) mass is 358 g/mol. The van der Waals surface area contributed by atoms with E-state index in [9.17, 15) is 4.79 Å². The van der Waals surface area contributed by atoms with Gasteiger partial charge in [-0.3, -0.25) is 9.78 Å². The number of pyridine rings is 1. The van der Waals surface area contributed by atoms with E-state index in [1.807, 2.05) is 61.5 Å². The van der Waals surface area contributed by atoms with Gasteiger partial charge in [0.2, 0.25) is 0 Å². The first kappa shape index (κ1) is 16.8. The van der Waals surface area contributed by atoms with E-state index < -0.39 is 0 Å². The lowest BCUT2D eigenvalue weighted by Gasteiger charge is -2.08. The summed E-state index contributed by atoms with van der Waals surface area (Å²) >= 11 is 0. The molecular formula is C22H18N2O3. The Kier molecular flexibility index (Phi) is 4.58. The van der Waals surface area contributed by atoms with Crippen molar-refractivity contribution in [3.63, 3.8) is 0 Å². The summed E-state index contributed by atoms with van der Waals surface area (Å²) < 4.78 is 11.7. The van der Waals surface area contributed by atoms with Crippen molar-refractivity contribution in [2.24, 2.45) is 0 Å². The Morgan fingerprint density at radius 2 is 1.85 bits per heavy atom. The number of nitrogens with one attached hydrogen (secondary N) is 1. The van der Waals surface area contributed by atoms with Gasteiger partial charge in [-0.25, -0.2) is 0 Å². The fourth-order valence-corrected chi connectivity index (χ4v) is 2.91. The van der Waals surface area contributed by atoms with Crippen molar-refractivity contribution in [3.8, 4) is 5.75 Å². The van der Waals surface area contributed by atoms with E-state index in [1.54, 1.807) is 18.3 Å². The molecule has 4 aromatic rings. The van der Waals surface area contributed by atoms with Crippen molar-refractivity contribution in [2.45, 2.75) is 13.5 Å². The number of hydrogen-bond donors (Lipinski definition) is 1. The molecule has 4 rings (SSSR count). The quantitative estimate of drug-likeness (QED) is 0.547. The van der Waals surface area contributed by atoms with E-state index in [0.717, 1.165) is 22.4 Å². The Bertz CT molecular complexity index is 1090. The summed E-state index contributed by atoms with van der Waals surface area (Å²) in [6.07, 6.45) is 1.66. The van der Waals surface area contributed by atoms with Crippen molar-refractivity contribution in [1.82, 2.24) is 4.98 Å². The Labute approximate surface area is 156 Å². The van der Waals surface area contributed by atoms with Gasteiger partial charge in [0, 0.05) is 28.5 Å². The van der Waals surface area contributed by atoms with E-state index in [0.29, 0.717) is 11.3 Å². The number of aryl methyl sites for hydroxylation is 1. The van der Waals surface area contributed by atoms with Gasteiger partial charge in [0.05, 0.1) is 0 Å². The highest BCUT2D eigenvalue weighted by Gasteiger charge is 2.21. The minimum atomic E-state index is -0.316. The number of carbonyl (C=O) groups excluding carboxylic acids is 1. The summed E-state index contributed by atoms with van der Waals surface area (Å²) in [5.41, 5.74) is 2.87. The van der Waals surface area contributed by atoms with Crippen LogP contribution in [-0.2, 0) is 6.61 Å². The minimum Gasteiger partial charge on any atom is -0.489 e. The van der Waals surface area contributed by atoms with E-state index in [1.165, 1.54) is 0 Å². The second-order valence-corrected chi connectivity index (χ2v) is 6.15. The Balaban J connectivity index is 1.65. The van der Waals surface area contributed by atoms with Gasteiger partial charge in [0.15, 0.2) is 5.76 Å². The largest absolute Gasteiger partial charge is 0.489 e. The summed E-state index contributed by atoms with van der Waals surface area (Å²) in [4.78, 5) is 17.0. The highest BCUT2D eigenvalue weighted by atomic mass is 16.5. The zero-order valence-corrected chi connectivity index (χ0v) is 14.8. The average Bonchev–Trinajstić information content (AvgIpc) is 3.06. The first-order chi connectivity index (χ1) is 13.2. The molecule has 5 nitrogen and oxygen atoms in total. The Morgan fingerprint density at radius 1 is 1.07 bits per heavy atom. The van der Waals surface area contributed by atoms with Gasteiger partial charge < -0.3 is 14.5 Å². The molecule has 0 spiro atoms. The second kappa shape index (κ2) is 7.33. The predicted octanol–water partition coefficient (Wildman–Crippen LogP) is 4.97. The molecule has 0 radical (unpaired) electrons. The SMILES string of the molecule is Cc1cc(NC(=O)c2oc3ccccc3c2COc2ccccc2)ccn1. The number of benzene rings is 2. The van der Waals surface area contributed by atoms with Gasteiger partial charge >= 0.3 is 0 Å². The Hall–Kier alpha value is -3.60. The first-order valence-corrected chi connectivity index (χ1v) is 8.63. The van der Waals surface area contributed by atoms with Gasteiger partial charge in [-0.1, -0.05) is 36.4 Å². The number of ether oxygens (including phenoxy) is 1. The normalized spacial score (nSPS) is 10.7. The molecule has 0 unspecified atom stereocenters. The number of furan rings is 1. The van der Waals surface area contributed by atoms with Crippen molar-refractivity contribution in [1.29, 1.82) is 0 Å². The van der Waals surface area contributed by atoms with Crippen LogP contribution in [0.2, 0.25) is 0 Å². The third-order valence-corrected chi connectivity index (χ3v) is 4.19. The maximum atomic E-state index is 12.8.